The van der Waals surface area contributed by atoms with E-state index >= 15 is 0 Å². The number of halogens is 1. The number of pyridine rings is 1. The molecule has 1 aromatic carbocycles. The van der Waals surface area contributed by atoms with Gasteiger partial charge in [-0.2, -0.15) is 5.10 Å². The van der Waals surface area contributed by atoms with Gasteiger partial charge in [0.05, 0.1) is 22.0 Å². The monoisotopic (exact) mass is 463 g/mol. The summed E-state index contributed by atoms with van der Waals surface area (Å²) >= 11 is 1.37. The summed E-state index contributed by atoms with van der Waals surface area (Å²) in [6, 6.07) is 9.90. The van der Waals surface area contributed by atoms with Gasteiger partial charge in [-0.3, -0.25) is 5.32 Å². The predicted octanol–water partition coefficient (Wildman–Crippen LogP) is 4.36. The minimum atomic E-state index is -0.374. The van der Waals surface area contributed by atoms with Gasteiger partial charge in [0, 0.05) is 31.4 Å². The first-order valence-corrected chi connectivity index (χ1v) is 11.3. The largest absolute Gasteiger partial charge is 0.384 e. The highest BCUT2D eigenvalue weighted by molar-refractivity contribution is 7.19. The average molecular weight is 464 g/mol. The van der Waals surface area contributed by atoms with E-state index in [0.29, 0.717) is 16.6 Å². The number of urea groups is 1. The molecule has 0 atom stereocenters. The number of hydrogen-bond acceptors (Lipinski definition) is 6. The van der Waals surface area contributed by atoms with Crippen LogP contribution in [0.15, 0.2) is 42.6 Å². The lowest BCUT2D eigenvalue weighted by atomic mass is 10.0. The number of hydrogen-bond donors (Lipinski definition) is 2. The molecular weight excluding hydrogens is 441 g/mol. The number of carbonyl (C=O) groups excluding carboxylic acids is 1. The fourth-order valence-corrected chi connectivity index (χ4v) is 4.95. The van der Waals surface area contributed by atoms with Gasteiger partial charge in [0.15, 0.2) is 5.13 Å². The summed E-state index contributed by atoms with van der Waals surface area (Å²) in [7, 11) is 3.35. The fraction of sp³-hybridized carbons (Fsp3) is 0.217. The third-order valence-electron chi connectivity index (χ3n) is 5.50. The number of para-hydroxylation sites is 1. The van der Waals surface area contributed by atoms with Crippen molar-refractivity contribution in [1.29, 1.82) is 0 Å². The molecule has 0 saturated heterocycles. The van der Waals surface area contributed by atoms with E-state index in [1.807, 2.05) is 6.07 Å². The molecule has 10 heteroatoms. The molecule has 0 aliphatic heterocycles. The molecule has 2 amide bonds. The number of benzene rings is 1. The van der Waals surface area contributed by atoms with Crippen LogP contribution in [-0.2, 0) is 12.8 Å². The van der Waals surface area contributed by atoms with E-state index in [1.54, 1.807) is 49.2 Å². The lowest BCUT2D eigenvalue weighted by Crippen LogP contribution is -2.27. The second-order valence-electron chi connectivity index (χ2n) is 7.98. The molecule has 0 unspecified atom stereocenters. The van der Waals surface area contributed by atoms with Crippen molar-refractivity contribution in [2.75, 3.05) is 25.1 Å². The molecule has 0 radical (unpaired) electrons. The number of aryl methyl sites for hydroxylation is 1. The first-order valence-electron chi connectivity index (χ1n) is 10.5. The van der Waals surface area contributed by atoms with E-state index in [-0.39, 0.29) is 11.8 Å². The number of nitrogens with one attached hydrogen (secondary N) is 1. The van der Waals surface area contributed by atoms with Gasteiger partial charge < -0.3 is 10.6 Å². The Kier molecular flexibility index (Phi) is 5.29. The van der Waals surface area contributed by atoms with E-state index in [1.165, 1.54) is 22.3 Å². The number of anilines is 2. The molecule has 33 heavy (non-hydrogen) atoms. The molecule has 3 N–H and O–H groups in total. The summed E-state index contributed by atoms with van der Waals surface area (Å²) in [5.41, 5.74) is 10.3. The van der Waals surface area contributed by atoms with E-state index in [0.717, 1.165) is 52.3 Å². The first kappa shape index (κ1) is 21.1. The molecule has 0 fully saturated rings. The molecule has 0 saturated carbocycles. The van der Waals surface area contributed by atoms with Crippen LogP contribution in [0, 0.1) is 5.82 Å². The Morgan fingerprint density at radius 1 is 1.21 bits per heavy atom. The maximum Gasteiger partial charge on any atom is 0.323 e. The number of fused-ring (bicyclic) bond motifs is 3. The second kappa shape index (κ2) is 8.28. The van der Waals surface area contributed by atoms with Gasteiger partial charge in [-0.1, -0.05) is 23.5 Å². The highest BCUT2D eigenvalue weighted by Crippen LogP contribution is 2.43. The minimum absolute atomic E-state index is 0.254. The van der Waals surface area contributed by atoms with Crippen molar-refractivity contribution in [3.63, 3.8) is 0 Å². The Labute approximate surface area is 193 Å². The Balaban J connectivity index is 1.73. The van der Waals surface area contributed by atoms with Crippen LogP contribution in [0.25, 0.3) is 27.5 Å². The van der Waals surface area contributed by atoms with Crippen LogP contribution >= 0.6 is 11.3 Å². The summed E-state index contributed by atoms with van der Waals surface area (Å²) < 4.78 is 16.5. The maximum atomic E-state index is 14.9. The topological polar surface area (TPSA) is 102 Å². The fourth-order valence-electron chi connectivity index (χ4n) is 3.89. The minimum Gasteiger partial charge on any atom is -0.384 e. The molecule has 4 aromatic rings. The molecule has 1 aliphatic carbocycles. The highest BCUT2D eigenvalue weighted by Gasteiger charge is 2.29. The van der Waals surface area contributed by atoms with Crippen molar-refractivity contribution in [2.45, 2.75) is 19.3 Å². The molecule has 3 aromatic heterocycles. The summed E-state index contributed by atoms with van der Waals surface area (Å²) in [6.07, 6.45) is 4.04. The van der Waals surface area contributed by atoms with Gasteiger partial charge in [0.25, 0.3) is 0 Å². The van der Waals surface area contributed by atoms with Gasteiger partial charge in [-0.25, -0.2) is 23.8 Å². The van der Waals surface area contributed by atoms with E-state index in [9.17, 15) is 9.18 Å². The van der Waals surface area contributed by atoms with Gasteiger partial charge >= 0.3 is 6.03 Å². The zero-order valence-corrected chi connectivity index (χ0v) is 19.0. The van der Waals surface area contributed by atoms with Crippen LogP contribution in [0.1, 0.15) is 17.7 Å². The van der Waals surface area contributed by atoms with Crippen molar-refractivity contribution in [3.05, 3.63) is 59.7 Å². The van der Waals surface area contributed by atoms with E-state index in [2.05, 4.69) is 15.3 Å². The van der Waals surface area contributed by atoms with Crippen LogP contribution in [-0.4, -0.2) is 44.8 Å². The number of amides is 2. The molecule has 8 nitrogen and oxygen atoms in total. The van der Waals surface area contributed by atoms with Crippen molar-refractivity contribution >= 4 is 28.3 Å². The summed E-state index contributed by atoms with van der Waals surface area (Å²) in [5, 5.41) is 8.18. The van der Waals surface area contributed by atoms with Crippen molar-refractivity contribution in [3.8, 4) is 27.5 Å². The summed E-state index contributed by atoms with van der Waals surface area (Å²) in [6.45, 7) is 0. The Morgan fingerprint density at radius 2 is 2.03 bits per heavy atom. The summed E-state index contributed by atoms with van der Waals surface area (Å²) in [4.78, 5) is 23.4. The van der Waals surface area contributed by atoms with Crippen LogP contribution in [0.2, 0.25) is 0 Å². The standard InChI is InChI=1S/C23H22FN7OS/c1-30(2)23(32)28-22-27-16-8-5-6-14-19(13-10-11-18(25)26-12-13)29-31(20(14)21(16)33-22)17-9-4-3-7-15(17)24/h3-4,7,9-12H,5-6,8H2,1-2H3,(H2,25,26)(H,27,28,32). The lowest BCUT2D eigenvalue weighted by molar-refractivity contribution is 0.230. The van der Waals surface area contributed by atoms with Gasteiger partial charge in [-0.05, 0) is 43.5 Å². The second-order valence-corrected chi connectivity index (χ2v) is 8.98. The van der Waals surface area contributed by atoms with E-state index < -0.39 is 0 Å². The molecule has 5 rings (SSSR count). The van der Waals surface area contributed by atoms with Gasteiger partial charge in [0.1, 0.15) is 17.3 Å². The third kappa shape index (κ3) is 3.82. The Morgan fingerprint density at radius 3 is 2.76 bits per heavy atom. The number of carbonyl (C=O) groups is 1. The predicted molar refractivity (Wildman–Crippen MR) is 127 cm³/mol. The van der Waals surface area contributed by atoms with Crippen LogP contribution in [0.5, 0.6) is 0 Å². The molecule has 0 bridgehead atoms. The number of rotatable bonds is 3. The number of nitrogens with zero attached hydrogens (tertiary/aromatic N) is 5. The Hall–Kier alpha value is -3.79. The van der Waals surface area contributed by atoms with Crippen LogP contribution in [0.4, 0.5) is 20.1 Å². The molecule has 1 aliphatic rings. The average Bonchev–Trinajstić information content (AvgIpc) is 3.31. The van der Waals surface area contributed by atoms with Crippen LogP contribution in [0.3, 0.4) is 0 Å². The SMILES string of the molecule is CN(C)C(=O)Nc1nc2c(s1)-c1c(c(-c3ccc(N)nc3)nn1-c1ccccc1F)CCC2. The van der Waals surface area contributed by atoms with Gasteiger partial charge in [-0.15, -0.1) is 0 Å². The number of nitrogens with two attached hydrogens (primary N) is 1. The first-order chi connectivity index (χ1) is 15.9. The molecule has 168 valence electrons. The smallest absolute Gasteiger partial charge is 0.323 e. The quantitative estimate of drug-likeness (QED) is 0.470. The van der Waals surface area contributed by atoms with Crippen molar-refractivity contribution in [2.24, 2.45) is 0 Å². The van der Waals surface area contributed by atoms with Gasteiger partial charge in [0.2, 0.25) is 0 Å². The molecule has 3 heterocycles. The van der Waals surface area contributed by atoms with Crippen molar-refractivity contribution in [1.82, 2.24) is 24.6 Å². The molecule has 0 spiro atoms. The zero-order chi connectivity index (χ0) is 23.1. The summed E-state index contributed by atoms with van der Waals surface area (Å²) in [5.74, 6) is 0.0469. The normalized spacial score (nSPS) is 12.6. The van der Waals surface area contributed by atoms with Crippen LogP contribution < -0.4 is 11.1 Å². The molecular formula is C23H22FN7OS. The Bertz CT molecular complexity index is 1340. The number of aromatic nitrogens is 4. The maximum absolute atomic E-state index is 14.9. The third-order valence-corrected chi connectivity index (χ3v) is 6.52. The van der Waals surface area contributed by atoms with Crippen molar-refractivity contribution < 1.29 is 9.18 Å². The lowest BCUT2D eigenvalue weighted by Gasteiger charge is -2.09. The zero-order valence-electron chi connectivity index (χ0n) is 18.2. The number of thiazole rings is 1. The number of nitrogen functional groups attached to an aromatic ring is 1. The highest BCUT2D eigenvalue weighted by atomic mass is 32.1. The van der Waals surface area contributed by atoms with E-state index in [4.69, 9.17) is 10.8 Å².